The number of amides is 3. The summed E-state index contributed by atoms with van der Waals surface area (Å²) in [6.45, 7) is -0.190. The van der Waals surface area contributed by atoms with Crippen LogP contribution in [0.1, 0.15) is 66.1 Å². The maximum atomic E-state index is 14.3. The van der Waals surface area contributed by atoms with Crippen LogP contribution in [0.2, 0.25) is 0 Å². The van der Waals surface area contributed by atoms with Crippen molar-refractivity contribution in [2.45, 2.75) is 69.6 Å². The Labute approximate surface area is 251 Å². The number of rotatable bonds is 12. The molecule has 238 valence electrons. The number of nitrogens with zero attached hydrogens (tertiary/aromatic N) is 1. The molecule has 1 aliphatic heterocycles. The standard InChI is InChI=1S/C31H35F4N3O6/c32-22-12-19(31(43)44)13-23(33)21(22)10-11-36-28(40)24(15-26(34)35)37-29(41)25-14-20(17-6-4-5-7-17)16-38(25)30(42)27(39)18-8-2-1-3-9-18/h1-3,8-9,12-13,17,20,24-27,39H,4-7,10-11,14-16H2,(H,36,40)(H,37,41)(H,43,44)/t20-,24+,25-,27-/m1/s1. The summed E-state index contributed by atoms with van der Waals surface area (Å²) in [4.78, 5) is 52.0. The highest BCUT2D eigenvalue weighted by Crippen LogP contribution is 2.39. The zero-order valence-electron chi connectivity index (χ0n) is 23.9. The fraction of sp³-hybridized carbons (Fsp3) is 0.484. The number of halogens is 4. The molecular formula is C31H35F4N3O6. The Hall–Kier alpha value is -4.00. The maximum Gasteiger partial charge on any atom is 0.335 e. The van der Waals surface area contributed by atoms with E-state index in [-0.39, 0.29) is 24.8 Å². The van der Waals surface area contributed by atoms with Crippen LogP contribution in [0.15, 0.2) is 42.5 Å². The predicted octanol–water partition coefficient (Wildman–Crippen LogP) is 3.60. The van der Waals surface area contributed by atoms with E-state index in [1.165, 1.54) is 4.90 Å². The lowest BCUT2D eigenvalue weighted by Crippen LogP contribution is -2.54. The monoisotopic (exact) mass is 621 g/mol. The van der Waals surface area contributed by atoms with Crippen LogP contribution in [0.4, 0.5) is 17.6 Å². The highest BCUT2D eigenvalue weighted by Gasteiger charge is 2.45. The molecule has 4 rings (SSSR count). The van der Waals surface area contributed by atoms with E-state index >= 15 is 0 Å². The van der Waals surface area contributed by atoms with Crippen molar-refractivity contribution in [3.8, 4) is 0 Å². The van der Waals surface area contributed by atoms with E-state index in [1.54, 1.807) is 30.3 Å². The Morgan fingerprint density at radius 1 is 0.977 bits per heavy atom. The molecule has 0 spiro atoms. The van der Waals surface area contributed by atoms with Crippen molar-refractivity contribution in [3.05, 3.63) is 70.8 Å². The second-order valence-electron chi connectivity index (χ2n) is 11.3. The number of carboxylic acids is 1. The second-order valence-corrected chi connectivity index (χ2v) is 11.3. The van der Waals surface area contributed by atoms with E-state index in [2.05, 4.69) is 10.6 Å². The fourth-order valence-corrected chi connectivity index (χ4v) is 6.14. The quantitative estimate of drug-likeness (QED) is 0.268. The normalized spacial score (nSPS) is 20.0. The fourth-order valence-electron chi connectivity index (χ4n) is 6.14. The van der Waals surface area contributed by atoms with Gasteiger partial charge in [0.2, 0.25) is 18.2 Å². The van der Waals surface area contributed by atoms with E-state index in [0.717, 1.165) is 25.7 Å². The zero-order valence-corrected chi connectivity index (χ0v) is 23.9. The third-order valence-electron chi connectivity index (χ3n) is 8.44. The van der Waals surface area contributed by atoms with Gasteiger partial charge in [0.15, 0.2) is 6.10 Å². The first-order valence-electron chi connectivity index (χ1n) is 14.6. The summed E-state index contributed by atoms with van der Waals surface area (Å²) < 4.78 is 55.4. The molecule has 2 aliphatic rings. The molecule has 1 saturated carbocycles. The number of aromatic carboxylic acids is 1. The van der Waals surface area contributed by atoms with Gasteiger partial charge in [-0.15, -0.1) is 0 Å². The molecule has 0 aromatic heterocycles. The summed E-state index contributed by atoms with van der Waals surface area (Å²) in [5.74, 6) is -6.13. The first-order chi connectivity index (χ1) is 21.0. The smallest absolute Gasteiger partial charge is 0.335 e. The summed E-state index contributed by atoms with van der Waals surface area (Å²) >= 11 is 0. The number of carbonyl (C=O) groups excluding carboxylic acids is 3. The molecule has 2 fully saturated rings. The van der Waals surface area contributed by atoms with Gasteiger partial charge in [0.05, 0.1) is 5.56 Å². The molecule has 2 aromatic carbocycles. The van der Waals surface area contributed by atoms with Gasteiger partial charge in [-0.1, -0.05) is 56.0 Å². The molecule has 0 unspecified atom stereocenters. The van der Waals surface area contributed by atoms with Gasteiger partial charge >= 0.3 is 5.97 Å². The SMILES string of the molecule is O=C(O)c1cc(F)c(CCNC(=O)[C@H](CC(F)F)NC(=O)[C@H]2C[C@@H](C3CCCC3)CN2C(=O)[C@H](O)c2ccccc2)c(F)c1. The summed E-state index contributed by atoms with van der Waals surface area (Å²) in [7, 11) is 0. The maximum absolute atomic E-state index is 14.3. The van der Waals surface area contributed by atoms with Gasteiger partial charge in [0.1, 0.15) is 23.7 Å². The van der Waals surface area contributed by atoms with Gasteiger partial charge in [-0.2, -0.15) is 0 Å². The number of benzene rings is 2. The minimum Gasteiger partial charge on any atom is -0.478 e. The second kappa shape index (κ2) is 14.7. The molecule has 13 heteroatoms. The number of aliphatic hydroxyl groups excluding tert-OH is 1. The molecule has 4 N–H and O–H groups in total. The van der Waals surface area contributed by atoms with Gasteiger partial charge < -0.3 is 25.7 Å². The van der Waals surface area contributed by atoms with Crippen molar-refractivity contribution < 1.29 is 47.0 Å². The van der Waals surface area contributed by atoms with Crippen molar-refractivity contribution in [1.29, 1.82) is 0 Å². The van der Waals surface area contributed by atoms with Crippen molar-refractivity contribution in [2.24, 2.45) is 11.8 Å². The van der Waals surface area contributed by atoms with Crippen LogP contribution >= 0.6 is 0 Å². The van der Waals surface area contributed by atoms with Crippen LogP contribution in [0.5, 0.6) is 0 Å². The Morgan fingerprint density at radius 3 is 2.20 bits per heavy atom. The minimum absolute atomic E-state index is 0.0418. The first-order valence-corrected chi connectivity index (χ1v) is 14.6. The summed E-state index contributed by atoms with van der Waals surface area (Å²) in [6.07, 6.45) is -1.84. The van der Waals surface area contributed by atoms with Crippen LogP contribution in [-0.2, 0) is 20.8 Å². The van der Waals surface area contributed by atoms with Crippen molar-refractivity contribution in [3.63, 3.8) is 0 Å². The van der Waals surface area contributed by atoms with Crippen molar-refractivity contribution >= 4 is 23.7 Å². The van der Waals surface area contributed by atoms with Crippen LogP contribution in [0, 0.1) is 23.5 Å². The lowest BCUT2D eigenvalue weighted by Gasteiger charge is -2.28. The molecule has 1 aliphatic carbocycles. The molecule has 9 nitrogen and oxygen atoms in total. The van der Waals surface area contributed by atoms with E-state index in [4.69, 9.17) is 5.11 Å². The van der Waals surface area contributed by atoms with E-state index in [1.807, 2.05) is 0 Å². The van der Waals surface area contributed by atoms with E-state index in [0.29, 0.717) is 17.7 Å². The molecular weight excluding hydrogens is 586 g/mol. The third-order valence-corrected chi connectivity index (χ3v) is 8.44. The Kier molecular flexibility index (Phi) is 11.0. The molecule has 1 saturated heterocycles. The van der Waals surface area contributed by atoms with Gasteiger partial charge in [0.25, 0.3) is 5.91 Å². The molecule has 1 heterocycles. The minimum atomic E-state index is -2.99. The number of carbonyl (C=O) groups is 4. The number of nitrogens with one attached hydrogen (secondary N) is 2. The van der Waals surface area contributed by atoms with Crippen LogP contribution < -0.4 is 10.6 Å². The number of likely N-dealkylation sites (tertiary alicyclic amines) is 1. The highest BCUT2D eigenvalue weighted by atomic mass is 19.3. The van der Waals surface area contributed by atoms with Crippen LogP contribution in [0.3, 0.4) is 0 Å². The van der Waals surface area contributed by atoms with Gasteiger partial charge in [-0.05, 0) is 42.4 Å². The predicted molar refractivity (Wildman–Crippen MR) is 150 cm³/mol. The number of hydrogen-bond donors (Lipinski definition) is 4. The number of carboxylic acid groups (broad SMARTS) is 1. The lowest BCUT2D eigenvalue weighted by atomic mass is 9.89. The number of hydrogen-bond acceptors (Lipinski definition) is 5. The van der Waals surface area contributed by atoms with E-state index < -0.39 is 90.5 Å². The topological polar surface area (TPSA) is 136 Å². The highest BCUT2D eigenvalue weighted by molar-refractivity contribution is 5.93. The van der Waals surface area contributed by atoms with Crippen LogP contribution in [0.25, 0.3) is 0 Å². The number of aliphatic hydroxyl groups is 1. The Balaban J connectivity index is 1.45. The number of alkyl halides is 2. The van der Waals surface area contributed by atoms with Gasteiger partial charge in [-0.3, -0.25) is 14.4 Å². The molecule has 0 radical (unpaired) electrons. The summed E-state index contributed by atoms with van der Waals surface area (Å²) in [6, 6.07) is 6.62. The summed E-state index contributed by atoms with van der Waals surface area (Å²) in [5, 5.41) is 24.4. The Morgan fingerprint density at radius 2 is 1.61 bits per heavy atom. The molecule has 44 heavy (non-hydrogen) atoms. The average Bonchev–Trinajstić information content (AvgIpc) is 3.68. The van der Waals surface area contributed by atoms with Gasteiger partial charge in [-0.25, -0.2) is 22.4 Å². The lowest BCUT2D eigenvalue weighted by molar-refractivity contribution is -0.146. The first kappa shape index (κ1) is 32.9. The van der Waals surface area contributed by atoms with Crippen molar-refractivity contribution in [2.75, 3.05) is 13.1 Å². The van der Waals surface area contributed by atoms with Gasteiger partial charge in [0, 0.05) is 25.1 Å². The molecule has 3 amide bonds. The van der Waals surface area contributed by atoms with Crippen LogP contribution in [-0.4, -0.2) is 70.4 Å². The van der Waals surface area contributed by atoms with E-state index in [9.17, 15) is 41.8 Å². The summed E-state index contributed by atoms with van der Waals surface area (Å²) in [5.41, 5.74) is -0.764. The third kappa shape index (κ3) is 7.93. The molecule has 4 atom stereocenters. The molecule has 0 bridgehead atoms. The average molecular weight is 622 g/mol. The molecule has 2 aromatic rings. The largest absolute Gasteiger partial charge is 0.478 e. The van der Waals surface area contributed by atoms with Crippen molar-refractivity contribution in [1.82, 2.24) is 15.5 Å². The Bertz CT molecular complexity index is 1330. The zero-order chi connectivity index (χ0) is 32.0.